The van der Waals surface area contributed by atoms with Gasteiger partial charge >= 0.3 is 5.97 Å². The van der Waals surface area contributed by atoms with E-state index in [0.717, 1.165) is 18.2 Å². The van der Waals surface area contributed by atoms with Crippen molar-refractivity contribution in [2.45, 2.75) is 32.4 Å². The van der Waals surface area contributed by atoms with Crippen LogP contribution in [-0.4, -0.2) is 19.1 Å². The summed E-state index contributed by atoms with van der Waals surface area (Å²) in [6.07, 6.45) is 0.508. The fourth-order valence-electron chi connectivity index (χ4n) is 1.73. The lowest BCUT2D eigenvalue weighted by atomic mass is 10.1. The van der Waals surface area contributed by atoms with Gasteiger partial charge in [0.2, 0.25) is 0 Å². The van der Waals surface area contributed by atoms with Crippen LogP contribution in [0.3, 0.4) is 0 Å². The van der Waals surface area contributed by atoms with Crippen LogP contribution in [0.4, 0.5) is 8.78 Å². The number of esters is 1. The molecule has 0 bridgehead atoms. The number of hydrogen-bond acceptors (Lipinski definition) is 3. The molecule has 5 heteroatoms. The molecule has 3 nitrogen and oxygen atoms in total. The molecule has 1 rings (SSSR count). The molecule has 0 aliphatic carbocycles. The number of nitrogens with one attached hydrogen (secondary N) is 1. The number of methoxy groups -OCH3 is 1. The Hall–Kier alpha value is -1.49. The second kappa shape index (κ2) is 6.44. The smallest absolute Gasteiger partial charge is 0.322 e. The van der Waals surface area contributed by atoms with E-state index in [-0.39, 0.29) is 5.56 Å². The molecule has 0 aliphatic heterocycles. The number of hydrogen-bond donors (Lipinski definition) is 1. The van der Waals surface area contributed by atoms with Gasteiger partial charge < -0.3 is 4.74 Å². The van der Waals surface area contributed by atoms with E-state index in [9.17, 15) is 13.6 Å². The Kier molecular flexibility index (Phi) is 5.22. The van der Waals surface area contributed by atoms with Crippen molar-refractivity contribution in [3.8, 4) is 0 Å². The molecule has 0 saturated carbocycles. The van der Waals surface area contributed by atoms with Gasteiger partial charge in [0.25, 0.3) is 0 Å². The third-order valence-electron chi connectivity index (χ3n) is 2.77. The molecule has 18 heavy (non-hydrogen) atoms. The van der Waals surface area contributed by atoms with Crippen molar-refractivity contribution >= 4 is 5.97 Å². The molecule has 0 saturated heterocycles. The van der Waals surface area contributed by atoms with E-state index in [0.29, 0.717) is 6.42 Å². The summed E-state index contributed by atoms with van der Waals surface area (Å²) in [6.45, 7) is 3.48. The maximum atomic E-state index is 13.5. The summed E-state index contributed by atoms with van der Waals surface area (Å²) < 4.78 is 31.2. The van der Waals surface area contributed by atoms with Crippen LogP contribution in [0.25, 0.3) is 0 Å². The molecular weight excluding hydrogens is 240 g/mol. The van der Waals surface area contributed by atoms with Gasteiger partial charge in [-0.25, -0.2) is 8.78 Å². The van der Waals surface area contributed by atoms with Gasteiger partial charge in [-0.1, -0.05) is 6.92 Å². The standard InChI is InChI=1S/C13H17F2NO2/c1-4-12(13(17)18-3)16-8(2)10-7-9(14)5-6-11(10)15/h5-8,12,16H,4H2,1-3H3. The summed E-state index contributed by atoms with van der Waals surface area (Å²) in [4.78, 5) is 11.4. The van der Waals surface area contributed by atoms with Crippen LogP contribution in [0.1, 0.15) is 31.9 Å². The van der Waals surface area contributed by atoms with E-state index < -0.39 is 29.7 Å². The van der Waals surface area contributed by atoms with Crippen LogP contribution >= 0.6 is 0 Å². The maximum absolute atomic E-state index is 13.5. The number of ether oxygens (including phenoxy) is 1. The van der Waals surface area contributed by atoms with Crippen LogP contribution in [0.2, 0.25) is 0 Å². The second-order valence-corrected chi connectivity index (χ2v) is 4.04. The zero-order chi connectivity index (χ0) is 13.7. The molecule has 0 spiro atoms. The fraction of sp³-hybridized carbons (Fsp3) is 0.462. The Bertz CT molecular complexity index is 423. The normalized spacial score (nSPS) is 14.1. The van der Waals surface area contributed by atoms with Crippen molar-refractivity contribution in [3.63, 3.8) is 0 Å². The van der Waals surface area contributed by atoms with E-state index in [1.807, 2.05) is 6.92 Å². The van der Waals surface area contributed by atoms with E-state index in [4.69, 9.17) is 0 Å². The Morgan fingerprint density at radius 2 is 2.11 bits per heavy atom. The highest BCUT2D eigenvalue weighted by Gasteiger charge is 2.21. The highest BCUT2D eigenvalue weighted by atomic mass is 19.1. The third kappa shape index (κ3) is 3.50. The molecule has 1 aromatic carbocycles. The minimum absolute atomic E-state index is 0.192. The van der Waals surface area contributed by atoms with Gasteiger partial charge in [0.15, 0.2) is 0 Å². The molecule has 0 radical (unpaired) electrons. The minimum atomic E-state index is -0.535. The summed E-state index contributed by atoms with van der Waals surface area (Å²) in [5.41, 5.74) is 0.192. The monoisotopic (exact) mass is 257 g/mol. The van der Waals surface area contributed by atoms with Crippen molar-refractivity contribution in [1.29, 1.82) is 0 Å². The largest absolute Gasteiger partial charge is 0.468 e. The van der Waals surface area contributed by atoms with E-state index in [1.165, 1.54) is 7.11 Å². The molecule has 0 amide bonds. The van der Waals surface area contributed by atoms with Crippen LogP contribution in [0, 0.1) is 11.6 Å². The van der Waals surface area contributed by atoms with Crippen molar-refractivity contribution in [2.75, 3.05) is 7.11 Å². The number of rotatable bonds is 5. The topological polar surface area (TPSA) is 38.3 Å². The highest BCUT2D eigenvalue weighted by molar-refractivity contribution is 5.75. The van der Waals surface area contributed by atoms with E-state index >= 15 is 0 Å². The number of carbonyl (C=O) groups excluding carboxylic acids is 1. The lowest BCUT2D eigenvalue weighted by molar-refractivity contribution is -0.143. The number of benzene rings is 1. The first-order valence-corrected chi connectivity index (χ1v) is 5.78. The SMILES string of the molecule is CCC(NC(C)c1cc(F)ccc1F)C(=O)OC. The second-order valence-electron chi connectivity index (χ2n) is 4.04. The summed E-state index contributed by atoms with van der Waals surface area (Å²) in [6, 6.07) is 2.24. The van der Waals surface area contributed by atoms with Crippen molar-refractivity contribution in [1.82, 2.24) is 5.32 Å². The lowest BCUT2D eigenvalue weighted by Gasteiger charge is -2.21. The maximum Gasteiger partial charge on any atom is 0.322 e. The lowest BCUT2D eigenvalue weighted by Crippen LogP contribution is -2.38. The van der Waals surface area contributed by atoms with Crippen LogP contribution in [-0.2, 0) is 9.53 Å². The molecule has 0 fully saturated rings. The van der Waals surface area contributed by atoms with Crippen molar-refractivity contribution in [2.24, 2.45) is 0 Å². The van der Waals surface area contributed by atoms with Gasteiger partial charge in [0.1, 0.15) is 17.7 Å². The summed E-state index contributed by atoms with van der Waals surface area (Å²) >= 11 is 0. The number of halogens is 2. The Morgan fingerprint density at radius 3 is 2.67 bits per heavy atom. The van der Waals surface area contributed by atoms with E-state index in [2.05, 4.69) is 10.1 Å². The summed E-state index contributed by atoms with van der Waals surface area (Å²) in [5.74, 6) is -1.43. The molecule has 1 aromatic rings. The molecule has 0 aromatic heterocycles. The van der Waals surface area contributed by atoms with Gasteiger partial charge in [-0.05, 0) is 31.5 Å². The average molecular weight is 257 g/mol. The van der Waals surface area contributed by atoms with Crippen molar-refractivity contribution in [3.05, 3.63) is 35.4 Å². The Morgan fingerprint density at radius 1 is 1.44 bits per heavy atom. The molecule has 0 heterocycles. The summed E-state index contributed by atoms with van der Waals surface area (Å²) in [7, 11) is 1.29. The highest BCUT2D eigenvalue weighted by Crippen LogP contribution is 2.19. The number of carbonyl (C=O) groups is 1. The van der Waals surface area contributed by atoms with Gasteiger partial charge in [-0.15, -0.1) is 0 Å². The molecule has 1 N–H and O–H groups in total. The van der Waals surface area contributed by atoms with Gasteiger partial charge in [0, 0.05) is 11.6 Å². The first-order chi connectivity index (χ1) is 8.49. The first-order valence-electron chi connectivity index (χ1n) is 5.78. The molecule has 2 atom stereocenters. The summed E-state index contributed by atoms with van der Waals surface area (Å²) in [5, 5.41) is 2.92. The molecule has 2 unspecified atom stereocenters. The van der Waals surface area contributed by atoms with Crippen molar-refractivity contribution < 1.29 is 18.3 Å². The molecule has 100 valence electrons. The Balaban J connectivity index is 2.83. The minimum Gasteiger partial charge on any atom is -0.468 e. The molecule has 0 aliphatic rings. The first kappa shape index (κ1) is 14.6. The quantitative estimate of drug-likeness (QED) is 0.824. The average Bonchev–Trinajstić information content (AvgIpc) is 2.37. The fourth-order valence-corrected chi connectivity index (χ4v) is 1.73. The van der Waals surface area contributed by atoms with Gasteiger partial charge in [-0.2, -0.15) is 0 Å². The van der Waals surface area contributed by atoms with Gasteiger partial charge in [0.05, 0.1) is 7.11 Å². The van der Waals surface area contributed by atoms with Gasteiger partial charge in [-0.3, -0.25) is 10.1 Å². The Labute approximate surface area is 105 Å². The van der Waals surface area contributed by atoms with Crippen LogP contribution in [0.5, 0.6) is 0 Å². The zero-order valence-electron chi connectivity index (χ0n) is 10.7. The predicted octanol–water partition coefficient (Wildman–Crippen LogP) is 2.57. The third-order valence-corrected chi connectivity index (χ3v) is 2.77. The molecular formula is C13H17F2NO2. The van der Waals surface area contributed by atoms with Crippen LogP contribution < -0.4 is 5.32 Å². The van der Waals surface area contributed by atoms with Crippen LogP contribution in [0.15, 0.2) is 18.2 Å². The predicted molar refractivity (Wildman–Crippen MR) is 64.0 cm³/mol. The van der Waals surface area contributed by atoms with E-state index in [1.54, 1.807) is 6.92 Å². The zero-order valence-corrected chi connectivity index (χ0v) is 10.7.